The van der Waals surface area contributed by atoms with E-state index >= 15 is 0 Å². The van der Waals surface area contributed by atoms with Gasteiger partial charge in [0.1, 0.15) is 0 Å². The van der Waals surface area contributed by atoms with Crippen molar-refractivity contribution in [3.63, 3.8) is 0 Å². The number of hydrogen-bond donors (Lipinski definition) is 2. The summed E-state index contributed by atoms with van der Waals surface area (Å²) in [5.41, 5.74) is 0. The second kappa shape index (κ2) is 8.25. The minimum atomic E-state index is -0.847. The summed E-state index contributed by atoms with van der Waals surface area (Å²) >= 11 is 0. The Balaban J connectivity index is 2.65. The van der Waals surface area contributed by atoms with Gasteiger partial charge in [-0.2, -0.15) is 0 Å². The number of carboxylic acid groups (broad SMARTS) is 1. The highest BCUT2D eigenvalue weighted by atomic mass is 16.5. The Morgan fingerprint density at radius 2 is 1.95 bits per heavy atom. The fourth-order valence-corrected chi connectivity index (χ4v) is 3.09. The van der Waals surface area contributed by atoms with E-state index in [1.54, 1.807) is 7.11 Å². The van der Waals surface area contributed by atoms with Gasteiger partial charge in [-0.3, -0.25) is 9.59 Å². The Morgan fingerprint density at radius 3 is 2.45 bits per heavy atom. The fraction of sp³-hybridized carbons (Fsp3) is 0.867. The molecule has 0 saturated heterocycles. The SMILES string of the molecule is CCCC(COC)NC(=O)C1CC(CC)CC1C(=O)O. The zero-order valence-electron chi connectivity index (χ0n) is 12.7. The summed E-state index contributed by atoms with van der Waals surface area (Å²) < 4.78 is 5.11. The van der Waals surface area contributed by atoms with Gasteiger partial charge in [-0.15, -0.1) is 0 Å². The zero-order chi connectivity index (χ0) is 15.1. The van der Waals surface area contributed by atoms with E-state index < -0.39 is 17.8 Å². The number of hydrogen-bond acceptors (Lipinski definition) is 3. The van der Waals surface area contributed by atoms with E-state index in [-0.39, 0.29) is 11.9 Å². The Bertz CT molecular complexity index is 326. The highest BCUT2D eigenvalue weighted by molar-refractivity contribution is 5.85. The van der Waals surface area contributed by atoms with E-state index in [0.717, 1.165) is 19.3 Å². The molecule has 20 heavy (non-hydrogen) atoms. The van der Waals surface area contributed by atoms with Crippen LogP contribution in [-0.2, 0) is 14.3 Å². The number of methoxy groups -OCH3 is 1. The van der Waals surface area contributed by atoms with Crippen LogP contribution >= 0.6 is 0 Å². The highest BCUT2D eigenvalue weighted by Crippen LogP contribution is 2.38. The van der Waals surface area contributed by atoms with Gasteiger partial charge in [0.15, 0.2) is 0 Å². The highest BCUT2D eigenvalue weighted by Gasteiger charge is 2.42. The number of carbonyl (C=O) groups excluding carboxylic acids is 1. The summed E-state index contributed by atoms with van der Waals surface area (Å²) in [5, 5.41) is 12.2. The monoisotopic (exact) mass is 285 g/mol. The second-order valence-electron chi connectivity index (χ2n) is 5.75. The van der Waals surface area contributed by atoms with E-state index in [2.05, 4.69) is 19.2 Å². The molecule has 0 radical (unpaired) electrons. The first-order valence-corrected chi connectivity index (χ1v) is 7.55. The number of carboxylic acids is 1. The van der Waals surface area contributed by atoms with Crippen LogP contribution in [0.2, 0.25) is 0 Å². The maximum atomic E-state index is 12.4. The lowest BCUT2D eigenvalue weighted by molar-refractivity contribution is -0.146. The fourth-order valence-electron chi connectivity index (χ4n) is 3.09. The molecule has 0 spiro atoms. The molecule has 5 nitrogen and oxygen atoms in total. The van der Waals surface area contributed by atoms with Crippen molar-refractivity contribution in [3.05, 3.63) is 0 Å². The van der Waals surface area contributed by atoms with Gasteiger partial charge in [0.25, 0.3) is 0 Å². The maximum absolute atomic E-state index is 12.4. The quantitative estimate of drug-likeness (QED) is 0.715. The summed E-state index contributed by atoms with van der Waals surface area (Å²) in [6, 6.07) is -0.0207. The number of nitrogens with one attached hydrogen (secondary N) is 1. The third-order valence-corrected chi connectivity index (χ3v) is 4.24. The number of rotatable bonds is 8. The zero-order valence-corrected chi connectivity index (χ0v) is 12.7. The molecule has 0 aromatic rings. The molecule has 5 heteroatoms. The van der Waals surface area contributed by atoms with Gasteiger partial charge in [0.2, 0.25) is 5.91 Å². The van der Waals surface area contributed by atoms with Crippen LogP contribution < -0.4 is 5.32 Å². The molecule has 4 atom stereocenters. The maximum Gasteiger partial charge on any atom is 0.307 e. The van der Waals surface area contributed by atoms with E-state index in [4.69, 9.17) is 4.74 Å². The van der Waals surface area contributed by atoms with Crippen molar-refractivity contribution >= 4 is 11.9 Å². The van der Waals surface area contributed by atoms with Crippen molar-refractivity contribution in [1.82, 2.24) is 5.32 Å². The first kappa shape index (κ1) is 17.0. The first-order valence-electron chi connectivity index (χ1n) is 7.55. The number of amides is 1. The smallest absolute Gasteiger partial charge is 0.307 e. The van der Waals surface area contributed by atoms with Gasteiger partial charge in [0.05, 0.1) is 24.5 Å². The predicted octanol–water partition coefficient (Wildman–Crippen LogP) is 2.05. The standard InChI is InChI=1S/C15H27NO4/c1-4-6-11(9-20-3)16-14(17)12-7-10(5-2)8-13(12)15(18)19/h10-13H,4-9H2,1-3H3,(H,16,17)(H,18,19). The van der Waals surface area contributed by atoms with Crippen molar-refractivity contribution in [1.29, 1.82) is 0 Å². The molecule has 0 aromatic heterocycles. The van der Waals surface area contributed by atoms with Crippen LogP contribution in [0.4, 0.5) is 0 Å². The Morgan fingerprint density at radius 1 is 1.30 bits per heavy atom. The number of ether oxygens (including phenoxy) is 1. The number of aliphatic carboxylic acids is 1. The molecule has 1 fully saturated rings. The van der Waals surface area contributed by atoms with Gasteiger partial charge >= 0.3 is 5.97 Å². The molecule has 2 N–H and O–H groups in total. The number of carbonyl (C=O) groups is 2. The van der Waals surface area contributed by atoms with Gasteiger partial charge < -0.3 is 15.2 Å². The molecule has 116 valence electrons. The van der Waals surface area contributed by atoms with Crippen LogP contribution in [0.15, 0.2) is 0 Å². The summed E-state index contributed by atoms with van der Waals surface area (Å²) in [6.07, 6.45) is 4.04. The van der Waals surface area contributed by atoms with Crippen LogP contribution in [0.3, 0.4) is 0 Å². The largest absolute Gasteiger partial charge is 0.481 e. The molecule has 1 aliphatic rings. The van der Waals surface area contributed by atoms with Crippen molar-refractivity contribution in [2.45, 2.75) is 52.0 Å². The van der Waals surface area contributed by atoms with Crippen LogP contribution in [0.25, 0.3) is 0 Å². The summed E-state index contributed by atoms with van der Waals surface area (Å²) in [5.74, 6) is -1.55. The summed E-state index contributed by atoms with van der Waals surface area (Å²) in [6.45, 7) is 4.58. The third kappa shape index (κ3) is 4.47. The Hall–Kier alpha value is -1.10. The molecular formula is C15H27NO4. The molecule has 0 heterocycles. The van der Waals surface area contributed by atoms with Gasteiger partial charge in [-0.1, -0.05) is 26.7 Å². The summed E-state index contributed by atoms with van der Waals surface area (Å²) in [4.78, 5) is 23.7. The van der Waals surface area contributed by atoms with Crippen LogP contribution in [0, 0.1) is 17.8 Å². The van der Waals surface area contributed by atoms with E-state index in [1.165, 1.54) is 0 Å². The minimum absolute atomic E-state index is 0.0207. The van der Waals surface area contributed by atoms with Crippen molar-refractivity contribution < 1.29 is 19.4 Å². The molecular weight excluding hydrogens is 258 g/mol. The second-order valence-corrected chi connectivity index (χ2v) is 5.75. The molecule has 1 amide bonds. The molecule has 0 bridgehead atoms. The van der Waals surface area contributed by atoms with E-state index in [1.807, 2.05) is 0 Å². The van der Waals surface area contributed by atoms with Crippen LogP contribution in [0.5, 0.6) is 0 Å². The Kier molecular flexibility index (Phi) is 6.99. The predicted molar refractivity (Wildman–Crippen MR) is 76.3 cm³/mol. The van der Waals surface area contributed by atoms with Crippen molar-refractivity contribution in [2.24, 2.45) is 17.8 Å². The lowest BCUT2D eigenvalue weighted by atomic mass is 9.95. The third-order valence-electron chi connectivity index (χ3n) is 4.24. The van der Waals surface area contributed by atoms with Crippen LogP contribution in [0.1, 0.15) is 46.0 Å². The molecule has 1 saturated carbocycles. The molecule has 1 aliphatic carbocycles. The van der Waals surface area contributed by atoms with Gasteiger partial charge in [-0.05, 0) is 25.2 Å². The van der Waals surface area contributed by atoms with E-state index in [0.29, 0.717) is 25.4 Å². The average Bonchev–Trinajstić information content (AvgIpc) is 2.83. The van der Waals surface area contributed by atoms with Crippen molar-refractivity contribution in [2.75, 3.05) is 13.7 Å². The van der Waals surface area contributed by atoms with Crippen molar-refractivity contribution in [3.8, 4) is 0 Å². The van der Waals surface area contributed by atoms with Gasteiger partial charge in [-0.25, -0.2) is 0 Å². The molecule has 1 rings (SSSR count). The van der Waals surface area contributed by atoms with E-state index in [9.17, 15) is 14.7 Å². The van der Waals surface area contributed by atoms with Crippen LogP contribution in [-0.4, -0.2) is 36.7 Å². The summed E-state index contributed by atoms with van der Waals surface area (Å²) in [7, 11) is 1.61. The molecule has 0 aromatic carbocycles. The first-order chi connectivity index (χ1) is 9.53. The topological polar surface area (TPSA) is 75.6 Å². The molecule has 4 unspecified atom stereocenters. The minimum Gasteiger partial charge on any atom is -0.481 e. The normalized spacial score (nSPS) is 27.2. The lowest BCUT2D eigenvalue weighted by Crippen LogP contribution is -2.43. The lowest BCUT2D eigenvalue weighted by Gasteiger charge is -2.21. The Labute approximate surface area is 121 Å². The molecule has 0 aliphatic heterocycles. The average molecular weight is 285 g/mol. The van der Waals surface area contributed by atoms with Gasteiger partial charge in [0, 0.05) is 7.11 Å².